The van der Waals surface area contributed by atoms with Crippen LogP contribution in [-0.2, 0) is 0 Å². The van der Waals surface area contributed by atoms with Gasteiger partial charge < -0.3 is 4.84 Å². The molecule has 0 saturated carbocycles. The maximum atomic E-state index is 5.20. The second-order valence-electron chi connectivity index (χ2n) is 4.45. The van der Waals surface area contributed by atoms with Gasteiger partial charge in [0.25, 0.3) is 0 Å². The molecule has 88 valence electrons. The van der Waals surface area contributed by atoms with E-state index in [4.69, 9.17) is 4.84 Å². The lowest BCUT2D eigenvalue weighted by Gasteiger charge is -2.04. The molecule has 1 aromatic heterocycles. The Bertz CT molecular complexity index is 366. The van der Waals surface area contributed by atoms with Gasteiger partial charge in [0.1, 0.15) is 0 Å². The van der Waals surface area contributed by atoms with Gasteiger partial charge in [-0.05, 0) is 39.2 Å². The third-order valence-electron chi connectivity index (χ3n) is 1.95. The van der Waals surface area contributed by atoms with Gasteiger partial charge in [-0.1, -0.05) is 19.0 Å². The van der Waals surface area contributed by atoms with E-state index in [-0.39, 0.29) is 0 Å². The molecule has 0 amide bonds. The summed E-state index contributed by atoms with van der Waals surface area (Å²) in [7, 11) is 0. The van der Waals surface area contributed by atoms with Crippen molar-refractivity contribution in [1.29, 1.82) is 0 Å². The number of oxime groups is 1. The minimum Gasteiger partial charge on any atom is -0.315 e. The smallest absolute Gasteiger partial charge is 0.315 e. The minimum atomic E-state index is 0.320. The first-order valence-corrected chi connectivity index (χ1v) is 5.50. The molecule has 4 heteroatoms. The van der Waals surface area contributed by atoms with Gasteiger partial charge in [-0.15, -0.1) is 0 Å². The SMILES string of the molecule is C/C(CC(C)C)=N/Oc1nc(C)cc(C)n1. The van der Waals surface area contributed by atoms with Crippen LogP contribution in [0.2, 0.25) is 0 Å². The zero-order chi connectivity index (χ0) is 12.1. The van der Waals surface area contributed by atoms with E-state index in [2.05, 4.69) is 29.0 Å². The third kappa shape index (κ3) is 4.38. The summed E-state index contributed by atoms with van der Waals surface area (Å²) in [5, 5.41) is 4.01. The molecule has 0 fully saturated rings. The Labute approximate surface area is 96.8 Å². The van der Waals surface area contributed by atoms with E-state index < -0.39 is 0 Å². The Hall–Kier alpha value is -1.45. The summed E-state index contributed by atoms with van der Waals surface area (Å²) in [5.41, 5.74) is 2.73. The molecule has 0 saturated heterocycles. The summed E-state index contributed by atoms with van der Waals surface area (Å²) in [6.07, 6.45) is 0.921. The van der Waals surface area contributed by atoms with Crippen LogP contribution in [0.5, 0.6) is 6.01 Å². The number of aromatic nitrogens is 2. The molecule has 4 nitrogen and oxygen atoms in total. The van der Waals surface area contributed by atoms with E-state index in [0.717, 1.165) is 23.5 Å². The van der Waals surface area contributed by atoms with Gasteiger partial charge in [0.05, 0.1) is 5.71 Å². The average molecular weight is 221 g/mol. The van der Waals surface area contributed by atoms with Gasteiger partial charge in [-0.3, -0.25) is 0 Å². The summed E-state index contributed by atoms with van der Waals surface area (Å²) in [6, 6.07) is 2.22. The summed E-state index contributed by atoms with van der Waals surface area (Å²) >= 11 is 0. The molecule has 0 radical (unpaired) electrons. The Balaban J connectivity index is 2.66. The predicted octanol–water partition coefficient (Wildman–Crippen LogP) is 2.89. The Kier molecular flexibility index (Phi) is 4.40. The van der Waals surface area contributed by atoms with E-state index in [1.807, 2.05) is 26.8 Å². The van der Waals surface area contributed by atoms with Crippen LogP contribution in [0.25, 0.3) is 0 Å². The lowest BCUT2D eigenvalue weighted by molar-refractivity contribution is 0.309. The molecule has 16 heavy (non-hydrogen) atoms. The first kappa shape index (κ1) is 12.6. The standard InChI is InChI=1S/C12H19N3O/c1-8(2)6-11(5)15-16-12-13-9(3)7-10(4)14-12/h7-8H,6H2,1-5H3/b15-11-. The molecular weight excluding hydrogens is 202 g/mol. The van der Waals surface area contributed by atoms with Crippen LogP contribution < -0.4 is 4.84 Å². The number of aryl methyl sites for hydroxylation is 2. The molecule has 0 N–H and O–H groups in total. The van der Waals surface area contributed by atoms with E-state index in [1.54, 1.807) is 0 Å². The van der Waals surface area contributed by atoms with Crippen molar-refractivity contribution in [1.82, 2.24) is 9.97 Å². The average Bonchev–Trinajstić information content (AvgIpc) is 2.12. The molecule has 0 aromatic carbocycles. The molecule has 0 unspecified atom stereocenters. The van der Waals surface area contributed by atoms with E-state index in [9.17, 15) is 0 Å². The van der Waals surface area contributed by atoms with Gasteiger partial charge in [0.2, 0.25) is 0 Å². The molecule has 0 spiro atoms. The lowest BCUT2D eigenvalue weighted by Crippen LogP contribution is -2.02. The molecule has 0 aliphatic heterocycles. The van der Waals surface area contributed by atoms with E-state index >= 15 is 0 Å². The normalized spacial score (nSPS) is 12.0. The molecule has 0 bridgehead atoms. The topological polar surface area (TPSA) is 47.4 Å². The number of nitrogens with zero attached hydrogens (tertiary/aromatic N) is 3. The second kappa shape index (κ2) is 5.58. The fourth-order valence-electron chi connectivity index (χ4n) is 1.48. The number of rotatable bonds is 4. The first-order chi connectivity index (χ1) is 7.47. The first-order valence-electron chi connectivity index (χ1n) is 5.50. The highest BCUT2D eigenvalue weighted by atomic mass is 16.6. The maximum Gasteiger partial charge on any atom is 0.346 e. The monoisotopic (exact) mass is 221 g/mol. The van der Waals surface area contributed by atoms with Crippen LogP contribution in [-0.4, -0.2) is 15.7 Å². The predicted molar refractivity (Wildman–Crippen MR) is 64.7 cm³/mol. The quantitative estimate of drug-likeness (QED) is 0.580. The highest BCUT2D eigenvalue weighted by molar-refractivity contribution is 5.81. The minimum absolute atomic E-state index is 0.320. The summed E-state index contributed by atoms with van der Waals surface area (Å²) < 4.78 is 0. The van der Waals surface area contributed by atoms with Crippen molar-refractivity contribution in [3.8, 4) is 6.01 Å². The summed E-state index contributed by atoms with van der Waals surface area (Å²) in [4.78, 5) is 13.5. The van der Waals surface area contributed by atoms with Crippen LogP contribution in [0.1, 0.15) is 38.6 Å². The molecule has 1 heterocycles. The van der Waals surface area contributed by atoms with Crippen molar-refractivity contribution in [2.24, 2.45) is 11.1 Å². The highest BCUT2D eigenvalue weighted by Gasteiger charge is 2.02. The highest BCUT2D eigenvalue weighted by Crippen LogP contribution is 2.07. The number of hydrogen-bond acceptors (Lipinski definition) is 4. The summed E-state index contributed by atoms with van der Waals surface area (Å²) in [5.74, 6) is 0.576. The van der Waals surface area contributed by atoms with Gasteiger partial charge in [-0.2, -0.15) is 9.97 Å². The molecule has 0 aliphatic carbocycles. The zero-order valence-electron chi connectivity index (χ0n) is 10.6. The largest absolute Gasteiger partial charge is 0.346 e. The molecule has 1 aromatic rings. The fourth-order valence-corrected chi connectivity index (χ4v) is 1.48. The number of hydrogen-bond donors (Lipinski definition) is 0. The van der Waals surface area contributed by atoms with Crippen LogP contribution in [0.3, 0.4) is 0 Å². The summed E-state index contributed by atoms with van der Waals surface area (Å²) in [6.45, 7) is 10.1. The van der Waals surface area contributed by atoms with Crippen LogP contribution in [0, 0.1) is 19.8 Å². The molecular formula is C12H19N3O. The molecule has 0 atom stereocenters. The van der Waals surface area contributed by atoms with Gasteiger partial charge in [0.15, 0.2) is 0 Å². The van der Waals surface area contributed by atoms with E-state index in [0.29, 0.717) is 11.9 Å². The zero-order valence-corrected chi connectivity index (χ0v) is 10.6. The van der Waals surface area contributed by atoms with Crippen LogP contribution in [0.15, 0.2) is 11.2 Å². The van der Waals surface area contributed by atoms with Crippen LogP contribution in [0.4, 0.5) is 0 Å². The fraction of sp³-hybridized carbons (Fsp3) is 0.583. The third-order valence-corrected chi connectivity index (χ3v) is 1.95. The van der Waals surface area contributed by atoms with Crippen molar-refractivity contribution in [2.75, 3.05) is 0 Å². The van der Waals surface area contributed by atoms with Crippen molar-refractivity contribution < 1.29 is 4.84 Å². The Morgan fingerprint density at radius 1 is 1.31 bits per heavy atom. The van der Waals surface area contributed by atoms with Crippen molar-refractivity contribution in [3.05, 3.63) is 17.5 Å². The van der Waals surface area contributed by atoms with E-state index in [1.165, 1.54) is 0 Å². The van der Waals surface area contributed by atoms with Crippen molar-refractivity contribution in [2.45, 2.75) is 41.0 Å². The maximum absolute atomic E-state index is 5.20. The molecule has 1 rings (SSSR count). The lowest BCUT2D eigenvalue weighted by atomic mass is 10.1. The van der Waals surface area contributed by atoms with Crippen LogP contribution >= 0.6 is 0 Å². The Morgan fingerprint density at radius 2 is 1.88 bits per heavy atom. The van der Waals surface area contributed by atoms with Crippen molar-refractivity contribution in [3.63, 3.8) is 0 Å². The van der Waals surface area contributed by atoms with Gasteiger partial charge in [-0.25, -0.2) is 0 Å². The van der Waals surface area contributed by atoms with Gasteiger partial charge >= 0.3 is 6.01 Å². The molecule has 0 aliphatic rings. The Morgan fingerprint density at radius 3 is 2.38 bits per heavy atom. The van der Waals surface area contributed by atoms with Crippen molar-refractivity contribution >= 4 is 5.71 Å². The second-order valence-corrected chi connectivity index (χ2v) is 4.45. The van der Waals surface area contributed by atoms with Gasteiger partial charge in [0, 0.05) is 11.4 Å².